The molecule has 7 heteroatoms. The van der Waals surface area contributed by atoms with Crippen LogP contribution in [0.2, 0.25) is 5.02 Å². The van der Waals surface area contributed by atoms with E-state index in [9.17, 15) is 8.42 Å². The summed E-state index contributed by atoms with van der Waals surface area (Å²) in [5, 5.41) is 4.06. The number of nitrogens with one attached hydrogen (secondary N) is 2. The second kappa shape index (κ2) is 5.83. The van der Waals surface area contributed by atoms with Gasteiger partial charge >= 0.3 is 0 Å². The molecule has 1 aromatic heterocycles. The van der Waals surface area contributed by atoms with Crippen molar-refractivity contribution in [2.24, 2.45) is 0 Å². The van der Waals surface area contributed by atoms with Crippen LogP contribution in [0.3, 0.4) is 0 Å². The first-order valence-electron chi connectivity index (χ1n) is 8.09. The predicted molar refractivity (Wildman–Crippen MR) is 99.5 cm³/mol. The minimum absolute atomic E-state index is 0.00909. The van der Waals surface area contributed by atoms with Gasteiger partial charge < -0.3 is 5.32 Å². The van der Waals surface area contributed by atoms with Gasteiger partial charge in [-0.15, -0.1) is 0 Å². The van der Waals surface area contributed by atoms with E-state index in [2.05, 4.69) is 27.2 Å². The van der Waals surface area contributed by atoms with Crippen LogP contribution in [-0.4, -0.2) is 27.0 Å². The standard InChI is InChI=1S/C18H18ClN3O2S/c1-20-25(23,24)13-6-4-12(5-7-13)14-10-21-17-15(16(14)19)18(11-22-17)8-2-3-9-18/h2-7,10,20H,8-9,11H2,1H3,(H,21,22). The molecule has 0 amide bonds. The predicted octanol–water partition coefficient (Wildman–Crippen LogP) is 3.32. The van der Waals surface area contributed by atoms with E-state index in [0.717, 1.165) is 41.9 Å². The van der Waals surface area contributed by atoms with Gasteiger partial charge in [0.25, 0.3) is 0 Å². The van der Waals surface area contributed by atoms with Crippen molar-refractivity contribution in [1.29, 1.82) is 0 Å². The van der Waals surface area contributed by atoms with Crippen molar-refractivity contribution >= 4 is 27.4 Å². The lowest BCUT2D eigenvalue weighted by molar-refractivity contribution is 0.509. The maximum Gasteiger partial charge on any atom is 0.240 e. The first-order chi connectivity index (χ1) is 12.0. The van der Waals surface area contributed by atoms with Gasteiger partial charge in [-0.3, -0.25) is 0 Å². The number of sulfonamides is 1. The quantitative estimate of drug-likeness (QED) is 0.807. The van der Waals surface area contributed by atoms with Crippen LogP contribution in [0.15, 0.2) is 47.5 Å². The number of benzene rings is 1. The molecule has 2 heterocycles. The molecule has 130 valence electrons. The highest BCUT2D eigenvalue weighted by molar-refractivity contribution is 7.89. The molecule has 4 rings (SSSR count). The van der Waals surface area contributed by atoms with Crippen LogP contribution in [0.25, 0.3) is 11.1 Å². The maximum absolute atomic E-state index is 11.9. The van der Waals surface area contributed by atoms with E-state index in [-0.39, 0.29) is 10.3 Å². The molecule has 0 saturated carbocycles. The van der Waals surface area contributed by atoms with E-state index in [1.165, 1.54) is 7.05 Å². The van der Waals surface area contributed by atoms with Crippen LogP contribution in [0.4, 0.5) is 5.82 Å². The Hall–Kier alpha value is -1.89. The molecule has 0 radical (unpaired) electrons. The highest BCUT2D eigenvalue weighted by atomic mass is 35.5. The van der Waals surface area contributed by atoms with E-state index in [1.807, 2.05) is 0 Å². The van der Waals surface area contributed by atoms with Gasteiger partial charge in [-0.25, -0.2) is 18.1 Å². The zero-order chi connectivity index (χ0) is 17.7. The molecule has 2 aromatic rings. The topological polar surface area (TPSA) is 71.1 Å². The van der Waals surface area contributed by atoms with Crippen LogP contribution in [0, 0.1) is 0 Å². The second-order valence-corrected chi connectivity index (χ2v) is 8.72. The fourth-order valence-electron chi connectivity index (χ4n) is 3.63. The van der Waals surface area contributed by atoms with Gasteiger partial charge in [0, 0.05) is 29.3 Å². The van der Waals surface area contributed by atoms with Crippen molar-refractivity contribution < 1.29 is 8.42 Å². The zero-order valence-electron chi connectivity index (χ0n) is 13.7. The van der Waals surface area contributed by atoms with Crippen molar-refractivity contribution in [2.75, 3.05) is 18.9 Å². The first-order valence-corrected chi connectivity index (χ1v) is 9.95. The maximum atomic E-state index is 11.9. The van der Waals surface area contributed by atoms with Gasteiger partial charge in [0.2, 0.25) is 10.0 Å². The zero-order valence-corrected chi connectivity index (χ0v) is 15.3. The summed E-state index contributed by atoms with van der Waals surface area (Å²) in [5.74, 6) is 0.854. The molecule has 2 N–H and O–H groups in total. The lowest BCUT2D eigenvalue weighted by Crippen LogP contribution is -2.25. The summed E-state index contributed by atoms with van der Waals surface area (Å²) in [4.78, 5) is 4.77. The number of halogens is 1. The highest BCUT2D eigenvalue weighted by Crippen LogP contribution is 2.49. The molecule has 0 bridgehead atoms. The van der Waals surface area contributed by atoms with E-state index in [1.54, 1.807) is 30.5 Å². The molecule has 1 spiro atoms. The number of hydrogen-bond acceptors (Lipinski definition) is 4. The van der Waals surface area contributed by atoms with E-state index in [0.29, 0.717) is 5.02 Å². The average molecular weight is 376 g/mol. The summed E-state index contributed by atoms with van der Waals surface area (Å²) in [6.45, 7) is 0.838. The normalized spacial score (nSPS) is 17.7. The number of rotatable bonds is 3. The third-order valence-corrected chi connectivity index (χ3v) is 6.89. The minimum Gasteiger partial charge on any atom is -0.369 e. The van der Waals surface area contributed by atoms with Crippen LogP contribution >= 0.6 is 11.6 Å². The van der Waals surface area contributed by atoms with Gasteiger partial charge in [-0.1, -0.05) is 35.9 Å². The Labute approximate surface area is 152 Å². The van der Waals surface area contributed by atoms with Crippen LogP contribution in [0.1, 0.15) is 18.4 Å². The summed E-state index contributed by atoms with van der Waals surface area (Å²) in [5.41, 5.74) is 2.74. The lowest BCUT2D eigenvalue weighted by atomic mass is 9.80. The summed E-state index contributed by atoms with van der Waals surface area (Å²) in [7, 11) is -2.06. The van der Waals surface area contributed by atoms with Gasteiger partial charge in [-0.2, -0.15) is 0 Å². The number of pyridine rings is 1. The van der Waals surface area contributed by atoms with Crippen molar-refractivity contribution in [3.63, 3.8) is 0 Å². The average Bonchev–Trinajstić information content (AvgIpc) is 3.24. The molecule has 0 atom stereocenters. The molecule has 1 aromatic carbocycles. The van der Waals surface area contributed by atoms with Crippen LogP contribution in [-0.2, 0) is 15.4 Å². The summed E-state index contributed by atoms with van der Waals surface area (Å²) in [6.07, 6.45) is 8.04. The van der Waals surface area contributed by atoms with E-state index >= 15 is 0 Å². The Morgan fingerprint density at radius 3 is 2.52 bits per heavy atom. The molecule has 0 fully saturated rings. The van der Waals surface area contributed by atoms with E-state index < -0.39 is 10.0 Å². The smallest absolute Gasteiger partial charge is 0.240 e. The monoisotopic (exact) mass is 375 g/mol. The Balaban J connectivity index is 1.78. The molecule has 0 saturated heterocycles. The number of hydrogen-bond donors (Lipinski definition) is 2. The van der Waals surface area contributed by atoms with E-state index in [4.69, 9.17) is 11.6 Å². The number of fused-ring (bicyclic) bond motifs is 2. The molecular weight excluding hydrogens is 358 g/mol. The highest BCUT2D eigenvalue weighted by Gasteiger charge is 2.42. The Morgan fingerprint density at radius 2 is 1.88 bits per heavy atom. The third-order valence-electron chi connectivity index (χ3n) is 5.07. The third kappa shape index (κ3) is 2.56. The summed E-state index contributed by atoms with van der Waals surface area (Å²) in [6, 6.07) is 6.69. The van der Waals surface area contributed by atoms with Crippen LogP contribution in [0.5, 0.6) is 0 Å². The molecule has 0 unspecified atom stereocenters. The molecular formula is C18H18ClN3O2S. The molecule has 2 aliphatic rings. The van der Waals surface area contributed by atoms with Gasteiger partial charge in [0.15, 0.2) is 0 Å². The molecule has 1 aliphatic carbocycles. The van der Waals surface area contributed by atoms with Crippen molar-refractivity contribution in [1.82, 2.24) is 9.71 Å². The molecule has 25 heavy (non-hydrogen) atoms. The van der Waals surface area contributed by atoms with Gasteiger partial charge in [-0.05, 0) is 37.6 Å². The van der Waals surface area contributed by atoms with Crippen molar-refractivity contribution in [3.05, 3.63) is 53.2 Å². The number of anilines is 1. The SMILES string of the molecule is CNS(=O)(=O)c1ccc(-c2cnc3c(c2Cl)C2(CC=CC2)CN3)cc1. The Kier molecular flexibility index (Phi) is 3.86. The van der Waals surface area contributed by atoms with Crippen molar-refractivity contribution in [2.45, 2.75) is 23.2 Å². The number of allylic oxidation sites excluding steroid dienone is 2. The fraction of sp³-hybridized carbons (Fsp3) is 0.278. The van der Waals surface area contributed by atoms with Gasteiger partial charge in [0.1, 0.15) is 5.82 Å². The van der Waals surface area contributed by atoms with Gasteiger partial charge in [0.05, 0.1) is 9.92 Å². The van der Waals surface area contributed by atoms with Crippen molar-refractivity contribution in [3.8, 4) is 11.1 Å². The fourth-order valence-corrected chi connectivity index (χ4v) is 4.81. The lowest BCUT2D eigenvalue weighted by Gasteiger charge is -2.24. The molecule has 1 aliphatic heterocycles. The minimum atomic E-state index is -3.45. The number of nitrogens with zero attached hydrogens (tertiary/aromatic N) is 1. The second-order valence-electron chi connectivity index (χ2n) is 6.45. The summed E-state index contributed by atoms with van der Waals surface area (Å²) >= 11 is 6.78. The first kappa shape index (κ1) is 16.6. The summed E-state index contributed by atoms with van der Waals surface area (Å²) < 4.78 is 26.1. The largest absolute Gasteiger partial charge is 0.369 e. The Morgan fingerprint density at radius 1 is 1.20 bits per heavy atom. The Bertz CT molecular complexity index is 961. The van der Waals surface area contributed by atoms with Crippen LogP contribution < -0.4 is 10.0 Å². The molecule has 5 nitrogen and oxygen atoms in total. The number of aromatic nitrogens is 1.